The number of ether oxygens (including phenoxy) is 2. The number of aryl methyl sites for hydroxylation is 1. The van der Waals surface area contributed by atoms with Crippen molar-refractivity contribution in [3.8, 4) is 22.8 Å². The molecule has 3 N–H and O–H groups in total. The number of carbonyl (C=O) groups excluding carboxylic acids is 1. The number of hydrogen-bond donors (Lipinski definition) is 2. The molecule has 1 amide bonds. The summed E-state index contributed by atoms with van der Waals surface area (Å²) in [5.41, 5.74) is 8.67. The molecule has 7 nitrogen and oxygen atoms in total. The number of benzene rings is 2. The zero-order valence-electron chi connectivity index (χ0n) is 16.2. The summed E-state index contributed by atoms with van der Waals surface area (Å²) in [5.74, 6) is 1.09. The summed E-state index contributed by atoms with van der Waals surface area (Å²) in [6.45, 7) is 2.27. The van der Waals surface area contributed by atoms with Crippen LogP contribution in [0.3, 0.4) is 0 Å². The fraction of sp³-hybridized carbons (Fsp3) is 0.238. The van der Waals surface area contributed by atoms with Gasteiger partial charge in [-0.1, -0.05) is 6.07 Å². The number of rotatable bonds is 7. The Balaban J connectivity index is 1.89. The van der Waals surface area contributed by atoms with Crippen LogP contribution in [0.4, 0.5) is 5.69 Å². The molecule has 0 bridgehead atoms. The number of amides is 1. The molecule has 1 unspecified atom stereocenters. The van der Waals surface area contributed by atoms with E-state index in [9.17, 15) is 4.79 Å². The van der Waals surface area contributed by atoms with Gasteiger partial charge in [-0.15, -0.1) is 0 Å². The maximum atomic E-state index is 12.6. The van der Waals surface area contributed by atoms with Crippen molar-refractivity contribution in [1.29, 1.82) is 0 Å². The van der Waals surface area contributed by atoms with Crippen LogP contribution >= 0.6 is 0 Å². The van der Waals surface area contributed by atoms with Gasteiger partial charge in [0.2, 0.25) is 0 Å². The van der Waals surface area contributed by atoms with Crippen LogP contribution in [0.1, 0.15) is 17.3 Å². The molecule has 0 fully saturated rings. The van der Waals surface area contributed by atoms with E-state index in [0.717, 1.165) is 11.3 Å². The number of aromatic nitrogens is 2. The predicted molar refractivity (Wildman–Crippen MR) is 109 cm³/mol. The first-order valence-electron chi connectivity index (χ1n) is 8.94. The van der Waals surface area contributed by atoms with Gasteiger partial charge in [0.15, 0.2) is 0 Å². The Bertz CT molecular complexity index is 966. The van der Waals surface area contributed by atoms with Crippen LogP contribution in [-0.4, -0.2) is 35.4 Å². The van der Waals surface area contributed by atoms with E-state index < -0.39 is 0 Å². The normalized spacial score (nSPS) is 11.7. The van der Waals surface area contributed by atoms with Crippen molar-refractivity contribution < 1.29 is 14.3 Å². The third-order valence-corrected chi connectivity index (χ3v) is 4.17. The van der Waals surface area contributed by atoms with E-state index >= 15 is 0 Å². The molecule has 0 saturated heterocycles. The molecule has 1 aromatic heterocycles. The standard InChI is InChI=1S/C21H24N4O3/c1-14(22)13-28-20-8-7-16(12-18(20)19-9-10-23-25(19)2)24-21(26)15-5-4-6-17(11-15)27-3/h4-12,14H,13,22H2,1-3H3,(H,24,26). The third-order valence-electron chi connectivity index (χ3n) is 4.17. The Labute approximate surface area is 164 Å². The van der Waals surface area contributed by atoms with Gasteiger partial charge in [-0.05, 0) is 49.4 Å². The van der Waals surface area contributed by atoms with E-state index in [1.165, 1.54) is 0 Å². The Kier molecular flexibility index (Phi) is 5.96. The number of methoxy groups -OCH3 is 1. The molecule has 0 saturated carbocycles. The van der Waals surface area contributed by atoms with Gasteiger partial charge < -0.3 is 20.5 Å². The van der Waals surface area contributed by atoms with E-state index in [-0.39, 0.29) is 11.9 Å². The first-order chi connectivity index (χ1) is 13.5. The molecule has 0 spiro atoms. The molecule has 1 atom stereocenters. The summed E-state index contributed by atoms with van der Waals surface area (Å²) in [4.78, 5) is 12.6. The SMILES string of the molecule is COc1cccc(C(=O)Nc2ccc(OCC(C)N)c(-c3ccnn3C)c2)c1. The van der Waals surface area contributed by atoms with E-state index in [2.05, 4.69) is 10.4 Å². The monoisotopic (exact) mass is 380 g/mol. The summed E-state index contributed by atoms with van der Waals surface area (Å²) in [7, 11) is 3.42. The second-order valence-electron chi connectivity index (χ2n) is 6.53. The van der Waals surface area contributed by atoms with Crippen molar-refractivity contribution in [2.75, 3.05) is 19.0 Å². The molecule has 1 heterocycles. The Hall–Kier alpha value is -3.32. The van der Waals surface area contributed by atoms with Gasteiger partial charge in [0.25, 0.3) is 5.91 Å². The van der Waals surface area contributed by atoms with Crippen LogP contribution in [0.2, 0.25) is 0 Å². The summed E-state index contributed by atoms with van der Waals surface area (Å²) in [6, 6.07) is 14.3. The molecular weight excluding hydrogens is 356 g/mol. The zero-order chi connectivity index (χ0) is 20.1. The lowest BCUT2D eigenvalue weighted by molar-refractivity contribution is 0.102. The minimum absolute atomic E-state index is 0.0909. The van der Waals surface area contributed by atoms with Crippen molar-refractivity contribution in [2.24, 2.45) is 12.8 Å². The quantitative estimate of drug-likeness (QED) is 0.657. The molecule has 2 aromatic carbocycles. The van der Waals surface area contributed by atoms with Crippen molar-refractivity contribution in [3.05, 3.63) is 60.3 Å². The Morgan fingerprint density at radius 3 is 2.75 bits per heavy atom. The van der Waals surface area contributed by atoms with E-state index in [1.54, 1.807) is 48.3 Å². The summed E-state index contributed by atoms with van der Waals surface area (Å²) < 4.78 is 12.8. The summed E-state index contributed by atoms with van der Waals surface area (Å²) in [6.07, 6.45) is 1.71. The predicted octanol–water partition coefficient (Wildman–Crippen LogP) is 3.07. The second-order valence-corrected chi connectivity index (χ2v) is 6.53. The average Bonchev–Trinajstić information content (AvgIpc) is 3.12. The molecule has 28 heavy (non-hydrogen) atoms. The van der Waals surface area contributed by atoms with Crippen molar-refractivity contribution in [2.45, 2.75) is 13.0 Å². The van der Waals surface area contributed by atoms with Gasteiger partial charge in [0, 0.05) is 36.1 Å². The van der Waals surface area contributed by atoms with E-state index in [0.29, 0.717) is 29.4 Å². The highest BCUT2D eigenvalue weighted by atomic mass is 16.5. The molecule has 0 radical (unpaired) electrons. The minimum atomic E-state index is -0.223. The number of nitrogens with one attached hydrogen (secondary N) is 1. The highest BCUT2D eigenvalue weighted by Crippen LogP contribution is 2.32. The van der Waals surface area contributed by atoms with Gasteiger partial charge >= 0.3 is 0 Å². The van der Waals surface area contributed by atoms with Crippen LogP contribution in [-0.2, 0) is 7.05 Å². The highest BCUT2D eigenvalue weighted by molar-refractivity contribution is 6.04. The minimum Gasteiger partial charge on any atom is -0.497 e. The average molecular weight is 380 g/mol. The number of hydrogen-bond acceptors (Lipinski definition) is 5. The number of carbonyl (C=O) groups is 1. The van der Waals surface area contributed by atoms with Crippen LogP contribution in [0.25, 0.3) is 11.3 Å². The lowest BCUT2D eigenvalue weighted by Crippen LogP contribution is -2.23. The van der Waals surface area contributed by atoms with Crippen LogP contribution in [0, 0.1) is 0 Å². The second kappa shape index (κ2) is 8.58. The largest absolute Gasteiger partial charge is 0.497 e. The van der Waals surface area contributed by atoms with Crippen LogP contribution < -0.4 is 20.5 Å². The number of anilines is 1. The molecule has 0 aliphatic rings. The molecule has 0 aliphatic carbocycles. The molecule has 7 heteroatoms. The highest BCUT2D eigenvalue weighted by Gasteiger charge is 2.14. The molecule has 146 valence electrons. The number of nitrogens with zero attached hydrogens (tertiary/aromatic N) is 2. The van der Waals surface area contributed by atoms with E-state index in [1.807, 2.05) is 32.2 Å². The van der Waals surface area contributed by atoms with Gasteiger partial charge in [0.1, 0.15) is 18.1 Å². The first kappa shape index (κ1) is 19.4. The zero-order valence-corrected chi connectivity index (χ0v) is 16.2. The van der Waals surface area contributed by atoms with Gasteiger partial charge in [-0.3, -0.25) is 9.48 Å². The maximum Gasteiger partial charge on any atom is 0.255 e. The van der Waals surface area contributed by atoms with Crippen LogP contribution in [0.5, 0.6) is 11.5 Å². The van der Waals surface area contributed by atoms with Crippen LogP contribution in [0.15, 0.2) is 54.7 Å². The van der Waals surface area contributed by atoms with Gasteiger partial charge in [-0.25, -0.2) is 0 Å². The molecule has 3 aromatic rings. The van der Waals surface area contributed by atoms with Crippen molar-refractivity contribution >= 4 is 11.6 Å². The fourth-order valence-corrected chi connectivity index (χ4v) is 2.76. The smallest absolute Gasteiger partial charge is 0.255 e. The topological polar surface area (TPSA) is 91.4 Å². The maximum absolute atomic E-state index is 12.6. The molecular formula is C21H24N4O3. The molecule has 3 rings (SSSR count). The van der Waals surface area contributed by atoms with Crippen molar-refractivity contribution in [3.63, 3.8) is 0 Å². The Morgan fingerprint density at radius 1 is 1.25 bits per heavy atom. The summed E-state index contributed by atoms with van der Waals surface area (Å²) in [5, 5.41) is 7.14. The lowest BCUT2D eigenvalue weighted by atomic mass is 10.1. The Morgan fingerprint density at radius 2 is 2.07 bits per heavy atom. The summed E-state index contributed by atoms with van der Waals surface area (Å²) >= 11 is 0. The number of nitrogens with two attached hydrogens (primary N) is 1. The first-order valence-corrected chi connectivity index (χ1v) is 8.94. The van der Waals surface area contributed by atoms with E-state index in [4.69, 9.17) is 15.2 Å². The lowest BCUT2D eigenvalue weighted by Gasteiger charge is -2.15. The fourth-order valence-electron chi connectivity index (χ4n) is 2.76. The van der Waals surface area contributed by atoms with Gasteiger partial charge in [-0.2, -0.15) is 5.10 Å². The van der Waals surface area contributed by atoms with Gasteiger partial charge in [0.05, 0.1) is 12.8 Å². The molecule has 0 aliphatic heterocycles. The van der Waals surface area contributed by atoms with Crippen molar-refractivity contribution in [1.82, 2.24) is 9.78 Å². The third kappa shape index (κ3) is 4.50.